The molecule has 0 spiro atoms. The topological polar surface area (TPSA) is 37.4 Å². The van der Waals surface area contributed by atoms with E-state index in [4.69, 9.17) is 11.6 Å². The number of sulfonamides is 1. The fourth-order valence-corrected chi connectivity index (χ4v) is 3.73. The summed E-state index contributed by atoms with van der Waals surface area (Å²) < 4.78 is 25.1. The predicted molar refractivity (Wildman–Crippen MR) is 69.7 cm³/mol. The minimum atomic E-state index is -2.99. The van der Waals surface area contributed by atoms with Crippen LogP contribution in [0.4, 0.5) is 0 Å². The molecule has 0 aromatic heterocycles. The molecule has 0 amide bonds. The predicted octanol–water partition coefficient (Wildman–Crippen LogP) is 2.31. The van der Waals surface area contributed by atoms with Gasteiger partial charge in [0.25, 0.3) is 0 Å². The Kier molecular flexibility index (Phi) is 4.07. The second-order valence-corrected chi connectivity index (χ2v) is 6.82. The van der Waals surface area contributed by atoms with Crippen LogP contribution >= 0.6 is 11.6 Å². The maximum absolute atomic E-state index is 11.8. The van der Waals surface area contributed by atoms with Gasteiger partial charge in [0.05, 0.1) is 5.75 Å². The van der Waals surface area contributed by atoms with Crippen LogP contribution in [0.1, 0.15) is 18.4 Å². The normalized spacial score (nSPS) is 20.3. The van der Waals surface area contributed by atoms with Gasteiger partial charge in [-0.15, -0.1) is 0 Å². The summed E-state index contributed by atoms with van der Waals surface area (Å²) in [5.74, 6) is 0.299. The van der Waals surface area contributed by atoms with Gasteiger partial charge < -0.3 is 0 Å². The van der Waals surface area contributed by atoms with Gasteiger partial charge in [-0.2, -0.15) is 0 Å². The monoisotopic (exact) mass is 273 g/mol. The molecular weight excluding hydrogens is 258 g/mol. The molecule has 0 radical (unpaired) electrons. The summed E-state index contributed by atoms with van der Waals surface area (Å²) >= 11 is 5.80. The molecule has 1 aliphatic rings. The van der Waals surface area contributed by atoms with Crippen molar-refractivity contribution in [3.05, 3.63) is 34.9 Å². The molecule has 3 nitrogen and oxygen atoms in total. The Hall–Kier alpha value is -0.580. The number of nitrogens with zero attached hydrogens (tertiary/aromatic N) is 1. The average molecular weight is 274 g/mol. The zero-order chi connectivity index (χ0) is 12.3. The molecule has 0 saturated carbocycles. The lowest BCUT2D eigenvalue weighted by atomic mass is 10.1. The van der Waals surface area contributed by atoms with E-state index in [1.807, 2.05) is 24.3 Å². The van der Waals surface area contributed by atoms with Crippen LogP contribution in [0.2, 0.25) is 5.02 Å². The standard InChI is InChI=1S/C12H16ClNO2S/c13-12-5-3-11(4-6-12)7-9-14-8-1-2-10-17(14,15)16/h3-6H,1-2,7-10H2. The van der Waals surface area contributed by atoms with Crippen LogP contribution in [0.5, 0.6) is 0 Å². The molecule has 0 unspecified atom stereocenters. The molecule has 5 heteroatoms. The Bertz CT molecular complexity index is 470. The van der Waals surface area contributed by atoms with E-state index in [0.29, 0.717) is 23.9 Å². The Balaban J connectivity index is 1.95. The highest BCUT2D eigenvalue weighted by atomic mass is 35.5. The summed E-state index contributed by atoms with van der Waals surface area (Å²) in [5, 5.41) is 0.708. The lowest BCUT2D eigenvalue weighted by Crippen LogP contribution is -2.39. The van der Waals surface area contributed by atoms with E-state index in [-0.39, 0.29) is 0 Å². The molecule has 17 heavy (non-hydrogen) atoms. The van der Waals surface area contributed by atoms with Gasteiger partial charge in [-0.25, -0.2) is 12.7 Å². The lowest BCUT2D eigenvalue weighted by Gasteiger charge is -2.26. The maximum Gasteiger partial charge on any atom is 0.214 e. The van der Waals surface area contributed by atoms with Gasteiger partial charge >= 0.3 is 0 Å². The van der Waals surface area contributed by atoms with Crippen molar-refractivity contribution in [2.75, 3.05) is 18.8 Å². The van der Waals surface area contributed by atoms with Crippen molar-refractivity contribution >= 4 is 21.6 Å². The van der Waals surface area contributed by atoms with Crippen LogP contribution in [0, 0.1) is 0 Å². The number of benzene rings is 1. The van der Waals surface area contributed by atoms with Gasteiger partial charge in [0.15, 0.2) is 0 Å². The molecule has 0 aliphatic carbocycles. The highest BCUT2D eigenvalue weighted by Gasteiger charge is 2.24. The molecule has 1 saturated heterocycles. The number of hydrogen-bond donors (Lipinski definition) is 0. The minimum Gasteiger partial charge on any atom is -0.212 e. The molecule has 0 atom stereocenters. The number of rotatable bonds is 3. The van der Waals surface area contributed by atoms with Crippen molar-refractivity contribution in [3.63, 3.8) is 0 Å². The van der Waals surface area contributed by atoms with E-state index in [1.165, 1.54) is 0 Å². The first-order chi connectivity index (χ1) is 8.08. The molecule has 94 valence electrons. The van der Waals surface area contributed by atoms with Crippen LogP contribution in [-0.2, 0) is 16.4 Å². The second kappa shape index (κ2) is 5.38. The van der Waals surface area contributed by atoms with E-state index in [2.05, 4.69) is 0 Å². The van der Waals surface area contributed by atoms with Crippen molar-refractivity contribution in [1.82, 2.24) is 4.31 Å². The highest BCUT2D eigenvalue weighted by molar-refractivity contribution is 7.89. The fraction of sp³-hybridized carbons (Fsp3) is 0.500. The van der Waals surface area contributed by atoms with Gasteiger partial charge in [0.2, 0.25) is 10.0 Å². The third kappa shape index (κ3) is 3.44. The smallest absolute Gasteiger partial charge is 0.212 e. The lowest BCUT2D eigenvalue weighted by molar-refractivity contribution is 0.386. The Labute approximate surface area is 107 Å². The third-order valence-electron chi connectivity index (χ3n) is 3.02. The first-order valence-electron chi connectivity index (χ1n) is 5.80. The van der Waals surface area contributed by atoms with Crippen LogP contribution in [0.3, 0.4) is 0 Å². The summed E-state index contributed by atoms with van der Waals surface area (Å²) in [6, 6.07) is 7.56. The van der Waals surface area contributed by atoms with Crippen LogP contribution in [0.15, 0.2) is 24.3 Å². The van der Waals surface area contributed by atoms with Crippen molar-refractivity contribution in [2.45, 2.75) is 19.3 Å². The van der Waals surface area contributed by atoms with Crippen molar-refractivity contribution in [3.8, 4) is 0 Å². The summed E-state index contributed by atoms with van der Waals surface area (Å²) in [4.78, 5) is 0. The molecule has 2 rings (SSSR count). The molecule has 1 aliphatic heterocycles. The third-order valence-corrected chi connectivity index (χ3v) is 5.22. The average Bonchev–Trinajstić information content (AvgIpc) is 2.29. The summed E-state index contributed by atoms with van der Waals surface area (Å²) in [6.45, 7) is 1.24. The van der Waals surface area contributed by atoms with E-state index < -0.39 is 10.0 Å². The Morgan fingerprint density at radius 2 is 1.88 bits per heavy atom. The van der Waals surface area contributed by atoms with Gasteiger partial charge in [-0.3, -0.25) is 0 Å². The molecular formula is C12H16ClNO2S. The van der Waals surface area contributed by atoms with Crippen molar-refractivity contribution in [2.24, 2.45) is 0 Å². The Morgan fingerprint density at radius 3 is 2.53 bits per heavy atom. The van der Waals surface area contributed by atoms with Gasteiger partial charge in [-0.05, 0) is 37.0 Å². The van der Waals surface area contributed by atoms with Crippen molar-refractivity contribution in [1.29, 1.82) is 0 Å². The summed E-state index contributed by atoms with van der Waals surface area (Å²) in [6.07, 6.45) is 2.51. The van der Waals surface area contributed by atoms with Crippen LogP contribution in [-0.4, -0.2) is 31.6 Å². The number of halogens is 1. The zero-order valence-corrected chi connectivity index (χ0v) is 11.2. The molecule has 0 bridgehead atoms. The minimum absolute atomic E-state index is 0.299. The van der Waals surface area contributed by atoms with Crippen LogP contribution < -0.4 is 0 Å². The van der Waals surface area contributed by atoms with Crippen LogP contribution in [0.25, 0.3) is 0 Å². The van der Waals surface area contributed by atoms with Crippen molar-refractivity contribution < 1.29 is 8.42 Å². The van der Waals surface area contributed by atoms with E-state index in [9.17, 15) is 8.42 Å². The summed E-state index contributed by atoms with van der Waals surface area (Å²) in [7, 11) is -2.99. The first-order valence-corrected chi connectivity index (χ1v) is 7.79. The zero-order valence-electron chi connectivity index (χ0n) is 9.60. The quantitative estimate of drug-likeness (QED) is 0.848. The van der Waals surface area contributed by atoms with E-state index >= 15 is 0 Å². The van der Waals surface area contributed by atoms with E-state index in [1.54, 1.807) is 4.31 Å². The largest absolute Gasteiger partial charge is 0.214 e. The van der Waals surface area contributed by atoms with Gasteiger partial charge in [0.1, 0.15) is 0 Å². The number of hydrogen-bond acceptors (Lipinski definition) is 2. The second-order valence-electron chi connectivity index (χ2n) is 4.30. The van der Waals surface area contributed by atoms with E-state index in [0.717, 1.165) is 24.8 Å². The molecule has 1 heterocycles. The summed E-state index contributed by atoms with van der Waals surface area (Å²) in [5.41, 5.74) is 1.12. The maximum atomic E-state index is 11.8. The first kappa shape index (κ1) is 12.9. The van der Waals surface area contributed by atoms with Gasteiger partial charge in [-0.1, -0.05) is 23.7 Å². The van der Waals surface area contributed by atoms with Gasteiger partial charge in [0, 0.05) is 18.1 Å². The highest BCUT2D eigenvalue weighted by Crippen LogP contribution is 2.15. The molecule has 0 N–H and O–H groups in total. The molecule has 1 aromatic carbocycles. The molecule has 1 fully saturated rings. The molecule has 1 aromatic rings. The Morgan fingerprint density at radius 1 is 1.18 bits per heavy atom. The SMILES string of the molecule is O=S1(=O)CCCCN1CCc1ccc(Cl)cc1. The fourth-order valence-electron chi connectivity index (χ4n) is 2.00.